The fraction of sp³-hybridized carbons (Fsp3) is 0.500. The van der Waals surface area contributed by atoms with Crippen molar-refractivity contribution in [2.24, 2.45) is 11.3 Å². The molecule has 1 aromatic carbocycles. The summed E-state index contributed by atoms with van der Waals surface area (Å²) in [5, 5.41) is 5.76. The first-order valence-corrected chi connectivity index (χ1v) is 8.77. The first-order chi connectivity index (χ1) is 11.9. The van der Waals surface area contributed by atoms with E-state index in [1.807, 2.05) is 18.2 Å². The van der Waals surface area contributed by atoms with Gasteiger partial charge in [-0.1, -0.05) is 32.6 Å². The van der Waals surface area contributed by atoms with Crippen LogP contribution in [0.1, 0.15) is 32.3 Å². The SMILES string of the molecule is C=CC(=O)Nc1cccc(CC(=O)NCC(C)(C)C2CCOCC2)c1. The summed E-state index contributed by atoms with van der Waals surface area (Å²) in [7, 11) is 0. The number of amides is 2. The minimum atomic E-state index is -0.264. The molecular formula is C20H28N2O3. The molecule has 0 saturated carbocycles. The largest absolute Gasteiger partial charge is 0.381 e. The van der Waals surface area contributed by atoms with Gasteiger partial charge < -0.3 is 15.4 Å². The number of hydrogen-bond donors (Lipinski definition) is 2. The third kappa shape index (κ3) is 6.02. The summed E-state index contributed by atoms with van der Waals surface area (Å²) in [4.78, 5) is 23.7. The topological polar surface area (TPSA) is 67.4 Å². The van der Waals surface area contributed by atoms with Crippen molar-refractivity contribution < 1.29 is 14.3 Å². The molecule has 1 saturated heterocycles. The van der Waals surface area contributed by atoms with Gasteiger partial charge >= 0.3 is 0 Å². The van der Waals surface area contributed by atoms with Crippen molar-refractivity contribution in [3.05, 3.63) is 42.5 Å². The summed E-state index contributed by atoms with van der Waals surface area (Å²) in [6, 6.07) is 7.31. The smallest absolute Gasteiger partial charge is 0.247 e. The van der Waals surface area contributed by atoms with Crippen molar-refractivity contribution in [1.29, 1.82) is 0 Å². The van der Waals surface area contributed by atoms with E-state index in [9.17, 15) is 9.59 Å². The average molecular weight is 344 g/mol. The molecule has 1 fully saturated rings. The van der Waals surface area contributed by atoms with Gasteiger partial charge in [0.1, 0.15) is 0 Å². The number of rotatable bonds is 7. The lowest BCUT2D eigenvalue weighted by atomic mass is 9.74. The highest BCUT2D eigenvalue weighted by Gasteiger charge is 2.31. The van der Waals surface area contributed by atoms with Gasteiger partial charge in [-0.05, 0) is 47.9 Å². The van der Waals surface area contributed by atoms with Gasteiger partial charge in [-0.3, -0.25) is 9.59 Å². The molecule has 0 aromatic heterocycles. The van der Waals surface area contributed by atoms with Crippen LogP contribution in [-0.2, 0) is 20.7 Å². The molecule has 5 heteroatoms. The summed E-state index contributed by atoms with van der Waals surface area (Å²) in [6.07, 6.45) is 3.61. The molecule has 25 heavy (non-hydrogen) atoms. The number of hydrogen-bond acceptors (Lipinski definition) is 3. The van der Waals surface area contributed by atoms with Crippen LogP contribution in [0.5, 0.6) is 0 Å². The lowest BCUT2D eigenvalue weighted by molar-refractivity contribution is -0.121. The second-order valence-electron chi connectivity index (χ2n) is 7.22. The number of benzene rings is 1. The van der Waals surface area contributed by atoms with E-state index in [2.05, 4.69) is 31.1 Å². The quantitative estimate of drug-likeness (QED) is 0.747. The Morgan fingerprint density at radius 2 is 2.04 bits per heavy atom. The lowest BCUT2D eigenvalue weighted by Crippen LogP contribution is -2.41. The second kappa shape index (κ2) is 8.81. The fourth-order valence-corrected chi connectivity index (χ4v) is 3.15. The van der Waals surface area contributed by atoms with E-state index in [-0.39, 0.29) is 17.2 Å². The number of anilines is 1. The maximum Gasteiger partial charge on any atom is 0.247 e. The summed E-state index contributed by atoms with van der Waals surface area (Å²) in [5.41, 5.74) is 1.58. The highest BCUT2D eigenvalue weighted by Crippen LogP contribution is 2.33. The van der Waals surface area contributed by atoms with E-state index in [1.165, 1.54) is 6.08 Å². The Morgan fingerprint density at radius 3 is 2.72 bits per heavy atom. The number of nitrogens with one attached hydrogen (secondary N) is 2. The molecule has 136 valence electrons. The van der Waals surface area contributed by atoms with Crippen LogP contribution in [0.2, 0.25) is 0 Å². The van der Waals surface area contributed by atoms with Crippen LogP contribution < -0.4 is 10.6 Å². The van der Waals surface area contributed by atoms with Gasteiger partial charge in [-0.15, -0.1) is 0 Å². The summed E-state index contributed by atoms with van der Waals surface area (Å²) >= 11 is 0. The van der Waals surface area contributed by atoms with Crippen molar-refractivity contribution >= 4 is 17.5 Å². The van der Waals surface area contributed by atoms with E-state index in [4.69, 9.17) is 4.74 Å². The standard InChI is InChI=1S/C20H28N2O3/c1-4-18(23)22-17-7-5-6-15(12-17)13-19(24)21-14-20(2,3)16-8-10-25-11-9-16/h4-7,12,16H,1,8-11,13-14H2,2-3H3,(H,21,24)(H,22,23). The predicted molar refractivity (Wildman–Crippen MR) is 99.3 cm³/mol. The number of carbonyl (C=O) groups is 2. The van der Waals surface area contributed by atoms with Gasteiger partial charge in [0, 0.05) is 25.4 Å². The van der Waals surface area contributed by atoms with E-state index in [0.717, 1.165) is 31.6 Å². The molecule has 0 atom stereocenters. The van der Waals surface area contributed by atoms with Gasteiger partial charge in [0.2, 0.25) is 11.8 Å². The van der Waals surface area contributed by atoms with Crippen LogP contribution in [0.15, 0.2) is 36.9 Å². The fourth-order valence-electron chi connectivity index (χ4n) is 3.15. The molecule has 2 N–H and O–H groups in total. The van der Waals surface area contributed by atoms with E-state index >= 15 is 0 Å². The zero-order chi connectivity index (χ0) is 18.3. The molecule has 1 aliphatic rings. The summed E-state index contributed by atoms with van der Waals surface area (Å²) in [5.74, 6) is 0.297. The zero-order valence-corrected chi connectivity index (χ0v) is 15.1. The van der Waals surface area contributed by atoms with E-state index < -0.39 is 0 Å². The molecule has 0 bridgehead atoms. The summed E-state index contributed by atoms with van der Waals surface area (Å²) < 4.78 is 5.42. The van der Waals surface area contributed by atoms with Crippen LogP contribution in [0, 0.1) is 11.3 Å². The number of carbonyl (C=O) groups excluding carboxylic acids is 2. The lowest BCUT2D eigenvalue weighted by Gasteiger charge is -2.37. The van der Waals surface area contributed by atoms with Gasteiger partial charge in [-0.2, -0.15) is 0 Å². The Kier molecular flexibility index (Phi) is 6.76. The van der Waals surface area contributed by atoms with E-state index in [0.29, 0.717) is 24.6 Å². The molecule has 0 unspecified atom stereocenters. The Hall–Kier alpha value is -2.14. The molecule has 1 heterocycles. The molecule has 1 aliphatic heterocycles. The van der Waals surface area contributed by atoms with Gasteiger partial charge in [0.05, 0.1) is 6.42 Å². The Morgan fingerprint density at radius 1 is 1.32 bits per heavy atom. The normalized spacial score (nSPS) is 15.4. The predicted octanol–water partition coefficient (Wildman–Crippen LogP) is 2.92. The van der Waals surface area contributed by atoms with Crippen LogP contribution in [0.3, 0.4) is 0 Å². The molecular weight excluding hydrogens is 316 g/mol. The molecule has 2 rings (SSSR count). The maximum absolute atomic E-state index is 12.3. The first kappa shape index (κ1) is 19.2. The monoisotopic (exact) mass is 344 g/mol. The molecule has 0 aliphatic carbocycles. The van der Waals surface area contributed by atoms with Crippen LogP contribution >= 0.6 is 0 Å². The van der Waals surface area contributed by atoms with Crippen LogP contribution in [0.4, 0.5) is 5.69 Å². The van der Waals surface area contributed by atoms with Crippen molar-refractivity contribution in [2.75, 3.05) is 25.1 Å². The first-order valence-electron chi connectivity index (χ1n) is 8.77. The minimum Gasteiger partial charge on any atom is -0.381 e. The van der Waals surface area contributed by atoms with Crippen LogP contribution in [0.25, 0.3) is 0 Å². The second-order valence-corrected chi connectivity index (χ2v) is 7.22. The van der Waals surface area contributed by atoms with Gasteiger partial charge in [0.25, 0.3) is 0 Å². The van der Waals surface area contributed by atoms with E-state index in [1.54, 1.807) is 6.07 Å². The summed E-state index contributed by atoms with van der Waals surface area (Å²) in [6.45, 7) is 10.1. The highest BCUT2D eigenvalue weighted by atomic mass is 16.5. The molecule has 0 spiro atoms. The zero-order valence-electron chi connectivity index (χ0n) is 15.1. The molecule has 5 nitrogen and oxygen atoms in total. The molecule has 0 radical (unpaired) electrons. The van der Waals surface area contributed by atoms with Crippen molar-refractivity contribution in [2.45, 2.75) is 33.1 Å². The molecule has 1 aromatic rings. The third-order valence-corrected chi connectivity index (χ3v) is 4.81. The van der Waals surface area contributed by atoms with Crippen LogP contribution in [-0.4, -0.2) is 31.6 Å². The molecule has 2 amide bonds. The third-order valence-electron chi connectivity index (χ3n) is 4.81. The minimum absolute atomic E-state index is 0.00710. The maximum atomic E-state index is 12.3. The van der Waals surface area contributed by atoms with Crippen molar-refractivity contribution in [3.63, 3.8) is 0 Å². The van der Waals surface area contributed by atoms with Crippen molar-refractivity contribution in [1.82, 2.24) is 5.32 Å². The van der Waals surface area contributed by atoms with Crippen molar-refractivity contribution in [3.8, 4) is 0 Å². The van der Waals surface area contributed by atoms with Gasteiger partial charge in [0.15, 0.2) is 0 Å². The highest BCUT2D eigenvalue weighted by molar-refractivity contribution is 5.98. The number of ether oxygens (including phenoxy) is 1. The Balaban J connectivity index is 1.86. The van der Waals surface area contributed by atoms with Gasteiger partial charge in [-0.25, -0.2) is 0 Å². The Labute approximate surface area is 149 Å². The Bertz CT molecular complexity index is 619. The average Bonchev–Trinajstić information content (AvgIpc) is 2.61.